The smallest absolute Gasteiger partial charge is 0.211 e. The predicted octanol–water partition coefficient (Wildman–Crippen LogP) is 4.49. The molecule has 136 valence electrons. The van der Waals surface area contributed by atoms with Crippen LogP contribution in [0.4, 0.5) is 0 Å². The number of hydrogen-bond acceptors (Lipinski definition) is 2. The Hall–Kier alpha value is -2.17. The molecule has 3 rings (SSSR count). The first-order chi connectivity index (χ1) is 12.5. The maximum absolute atomic E-state index is 12.4. The molecule has 0 spiro atoms. The molecule has 26 heavy (non-hydrogen) atoms. The molecule has 0 amide bonds. The molecule has 0 N–H and O–H groups in total. The summed E-state index contributed by atoms with van der Waals surface area (Å²) in [6.45, 7) is 4.43. The zero-order chi connectivity index (χ0) is 18.6. The summed E-state index contributed by atoms with van der Waals surface area (Å²) in [6.07, 6.45) is 5.47. The van der Waals surface area contributed by atoms with Crippen molar-refractivity contribution in [3.63, 3.8) is 0 Å². The Morgan fingerprint density at radius 1 is 1.08 bits per heavy atom. The van der Waals surface area contributed by atoms with Gasteiger partial charge in [0.05, 0.1) is 12.3 Å². The van der Waals surface area contributed by atoms with Crippen molar-refractivity contribution in [1.82, 2.24) is 4.31 Å². The zero-order valence-corrected chi connectivity index (χ0v) is 16.0. The van der Waals surface area contributed by atoms with Crippen molar-refractivity contribution in [2.45, 2.75) is 25.3 Å². The molecule has 0 bridgehead atoms. The fraction of sp³-hybridized carbons (Fsp3) is 0.273. The van der Waals surface area contributed by atoms with Crippen molar-refractivity contribution in [1.29, 1.82) is 0 Å². The van der Waals surface area contributed by atoms with E-state index in [1.54, 1.807) is 4.31 Å². The van der Waals surface area contributed by atoms with E-state index in [0.29, 0.717) is 13.0 Å². The van der Waals surface area contributed by atoms with Crippen LogP contribution in [-0.4, -0.2) is 31.6 Å². The Morgan fingerprint density at radius 2 is 1.62 bits per heavy atom. The fourth-order valence-electron chi connectivity index (χ4n) is 3.77. The molecule has 0 aromatic heterocycles. The number of benzene rings is 2. The molecule has 2 aromatic rings. The lowest BCUT2D eigenvalue weighted by atomic mass is 9.84. The summed E-state index contributed by atoms with van der Waals surface area (Å²) >= 11 is 0. The topological polar surface area (TPSA) is 37.4 Å². The molecular formula is C22H25NO2S. The summed E-state index contributed by atoms with van der Waals surface area (Å²) in [5, 5.41) is 0. The molecule has 1 aliphatic rings. The van der Waals surface area contributed by atoms with Crippen molar-refractivity contribution in [3.8, 4) is 0 Å². The van der Waals surface area contributed by atoms with Gasteiger partial charge < -0.3 is 0 Å². The summed E-state index contributed by atoms with van der Waals surface area (Å²) in [5.74, 6) is 0. The van der Waals surface area contributed by atoms with E-state index >= 15 is 0 Å². The van der Waals surface area contributed by atoms with Gasteiger partial charge in [0.15, 0.2) is 0 Å². The number of piperidine rings is 1. The van der Waals surface area contributed by atoms with E-state index in [1.165, 1.54) is 11.8 Å². The normalized spacial score (nSPS) is 18.5. The Kier molecular flexibility index (Phi) is 5.74. The highest BCUT2D eigenvalue weighted by molar-refractivity contribution is 7.88. The second-order valence-corrected chi connectivity index (χ2v) is 8.58. The van der Waals surface area contributed by atoms with Gasteiger partial charge in [-0.1, -0.05) is 66.7 Å². The molecule has 0 radical (unpaired) electrons. The third kappa shape index (κ3) is 3.97. The van der Waals surface area contributed by atoms with Gasteiger partial charge in [-0.05, 0) is 41.5 Å². The molecule has 4 heteroatoms. The minimum atomic E-state index is -3.28. The van der Waals surface area contributed by atoms with E-state index in [0.717, 1.165) is 29.5 Å². The highest BCUT2D eigenvalue weighted by Crippen LogP contribution is 2.37. The van der Waals surface area contributed by atoms with Crippen molar-refractivity contribution < 1.29 is 8.42 Å². The van der Waals surface area contributed by atoms with Crippen LogP contribution in [0.5, 0.6) is 0 Å². The van der Waals surface area contributed by atoms with Crippen LogP contribution in [0.1, 0.15) is 30.4 Å². The largest absolute Gasteiger partial charge is 0.212 e. The van der Waals surface area contributed by atoms with Gasteiger partial charge in [0.2, 0.25) is 10.0 Å². The minimum absolute atomic E-state index is 0.174. The Balaban J connectivity index is 2.24. The average Bonchev–Trinajstić information content (AvgIpc) is 2.64. The van der Waals surface area contributed by atoms with Gasteiger partial charge in [-0.25, -0.2) is 8.42 Å². The monoisotopic (exact) mass is 367 g/mol. The highest BCUT2D eigenvalue weighted by Gasteiger charge is 2.33. The zero-order valence-electron chi connectivity index (χ0n) is 15.1. The number of rotatable bonds is 5. The molecule has 1 unspecified atom stereocenters. The van der Waals surface area contributed by atoms with E-state index < -0.39 is 10.0 Å². The van der Waals surface area contributed by atoms with Gasteiger partial charge in [0, 0.05) is 6.54 Å². The quantitative estimate of drug-likeness (QED) is 0.730. The molecule has 1 heterocycles. The lowest BCUT2D eigenvalue weighted by Crippen LogP contribution is -2.44. The third-order valence-electron chi connectivity index (χ3n) is 4.84. The van der Waals surface area contributed by atoms with Crippen molar-refractivity contribution >= 4 is 15.6 Å². The summed E-state index contributed by atoms with van der Waals surface area (Å²) in [5.41, 5.74) is 4.57. The Bertz CT molecular complexity index is 845. The standard InChI is InChI=1S/C22H25NO2S/c1-3-11-21-20(16-10-17-23(21)26(2,24)25)22(18-12-6-4-7-13-18)19-14-8-5-9-15-19/h3-9,12-15,21H,1,10-11,16-17H2,2H3. The van der Waals surface area contributed by atoms with Gasteiger partial charge in [-0.15, -0.1) is 6.58 Å². The Labute approximate surface area is 156 Å². The SMILES string of the molecule is C=CCC1C(=C(c2ccccc2)c2ccccc2)CCCN1S(C)(=O)=O. The second kappa shape index (κ2) is 8.02. The fourth-order valence-corrected chi connectivity index (χ4v) is 4.91. The van der Waals surface area contributed by atoms with Crippen LogP contribution < -0.4 is 0 Å². The first-order valence-electron chi connectivity index (χ1n) is 8.94. The van der Waals surface area contributed by atoms with E-state index in [-0.39, 0.29) is 6.04 Å². The van der Waals surface area contributed by atoms with Crippen LogP contribution in [0.3, 0.4) is 0 Å². The first kappa shape index (κ1) is 18.6. The highest BCUT2D eigenvalue weighted by atomic mass is 32.2. The van der Waals surface area contributed by atoms with E-state index in [2.05, 4.69) is 30.8 Å². The average molecular weight is 368 g/mol. The van der Waals surface area contributed by atoms with Crippen molar-refractivity contribution in [2.75, 3.05) is 12.8 Å². The molecular weight excluding hydrogens is 342 g/mol. The lowest BCUT2D eigenvalue weighted by Gasteiger charge is -2.37. The summed E-state index contributed by atoms with van der Waals surface area (Å²) < 4.78 is 26.4. The van der Waals surface area contributed by atoms with Crippen LogP contribution in [0, 0.1) is 0 Å². The van der Waals surface area contributed by atoms with Gasteiger partial charge in [0.25, 0.3) is 0 Å². The van der Waals surface area contributed by atoms with Gasteiger partial charge in [-0.2, -0.15) is 4.31 Å². The number of hydrogen-bond donors (Lipinski definition) is 0. The first-order valence-corrected chi connectivity index (χ1v) is 10.8. The molecule has 1 atom stereocenters. The lowest BCUT2D eigenvalue weighted by molar-refractivity contribution is 0.313. The number of sulfonamides is 1. The van der Waals surface area contributed by atoms with Crippen LogP contribution >= 0.6 is 0 Å². The third-order valence-corrected chi connectivity index (χ3v) is 6.13. The van der Waals surface area contributed by atoms with Gasteiger partial charge in [-0.3, -0.25) is 0 Å². The van der Waals surface area contributed by atoms with Gasteiger partial charge in [0.1, 0.15) is 0 Å². The maximum Gasteiger partial charge on any atom is 0.211 e. The van der Waals surface area contributed by atoms with Crippen molar-refractivity contribution in [3.05, 3.63) is 90.0 Å². The van der Waals surface area contributed by atoms with Crippen LogP contribution in [0.15, 0.2) is 78.9 Å². The van der Waals surface area contributed by atoms with E-state index in [1.807, 2.05) is 42.5 Å². The van der Waals surface area contributed by atoms with E-state index in [9.17, 15) is 8.42 Å². The number of nitrogens with zero attached hydrogens (tertiary/aromatic N) is 1. The molecule has 1 aliphatic heterocycles. The van der Waals surface area contributed by atoms with Crippen molar-refractivity contribution in [2.24, 2.45) is 0 Å². The van der Waals surface area contributed by atoms with Gasteiger partial charge >= 0.3 is 0 Å². The molecule has 1 saturated heterocycles. The molecule has 3 nitrogen and oxygen atoms in total. The predicted molar refractivity (Wildman–Crippen MR) is 108 cm³/mol. The van der Waals surface area contributed by atoms with Crippen LogP contribution in [0.2, 0.25) is 0 Å². The van der Waals surface area contributed by atoms with Crippen LogP contribution in [0.25, 0.3) is 5.57 Å². The molecule has 2 aromatic carbocycles. The summed E-state index contributed by atoms with van der Waals surface area (Å²) in [6, 6.07) is 20.3. The summed E-state index contributed by atoms with van der Waals surface area (Å²) in [4.78, 5) is 0. The Morgan fingerprint density at radius 3 is 2.08 bits per heavy atom. The minimum Gasteiger partial charge on any atom is -0.212 e. The summed E-state index contributed by atoms with van der Waals surface area (Å²) in [7, 11) is -3.28. The molecule has 1 fully saturated rings. The van der Waals surface area contributed by atoms with E-state index in [4.69, 9.17) is 0 Å². The molecule has 0 aliphatic carbocycles. The maximum atomic E-state index is 12.4. The second-order valence-electron chi connectivity index (χ2n) is 6.65. The van der Waals surface area contributed by atoms with Crippen LogP contribution in [-0.2, 0) is 10.0 Å². The molecule has 0 saturated carbocycles.